The molecule has 0 radical (unpaired) electrons. The van der Waals surface area contributed by atoms with E-state index >= 15 is 0 Å². The Kier molecular flexibility index (Phi) is 5.16. The first kappa shape index (κ1) is 18.5. The fraction of sp³-hybridized carbons (Fsp3) is 0.316. The number of hydrogen-bond donors (Lipinski definition) is 2. The number of aryl methyl sites for hydroxylation is 1. The molecule has 1 fully saturated rings. The lowest BCUT2D eigenvalue weighted by Crippen LogP contribution is -2.32. The highest BCUT2D eigenvalue weighted by Crippen LogP contribution is 2.33. The Morgan fingerprint density at radius 2 is 2.11 bits per heavy atom. The molecule has 0 aliphatic carbocycles. The van der Waals surface area contributed by atoms with E-state index in [1.807, 2.05) is 19.1 Å². The number of primary amides is 1. The Labute approximate surface area is 156 Å². The first-order valence-corrected chi connectivity index (χ1v) is 8.50. The van der Waals surface area contributed by atoms with Crippen LogP contribution in [-0.4, -0.2) is 31.4 Å². The zero-order valence-corrected chi connectivity index (χ0v) is 15.2. The lowest BCUT2D eigenvalue weighted by molar-refractivity contribution is -0.126. The predicted molar refractivity (Wildman–Crippen MR) is 97.3 cm³/mol. The van der Waals surface area contributed by atoms with E-state index in [1.54, 1.807) is 24.1 Å². The number of hydrogen-bond acceptors (Lipinski definition) is 5. The van der Waals surface area contributed by atoms with Gasteiger partial charge in [0.1, 0.15) is 11.5 Å². The fourth-order valence-electron chi connectivity index (χ4n) is 3.05. The topological polar surface area (TPSA) is 115 Å². The van der Waals surface area contributed by atoms with Gasteiger partial charge in [-0.05, 0) is 36.8 Å². The summed E-state index contributed by atoms with van der Waals surface area (Å²) in [6.07, 6.45) is 0.119. The van der Waals surface area contributed by atoms with Crippen molar-refractivity contribution in [2.24, 2.45) is 11.7 Å². The second kappa shape index (κ2) is 7.53. The lowest BCUT2D eigenvalue weighted by Gasteiger charge is -2.20. The number of amides is 3. The van der Waals surface area contributed by atoms with Gasteiger partial charge in [0.15, 0.2) is 5.76 Å². The van der Waals surface area contributed by atoms with Crippen molar-refractivity contribution in [3.05, 3.63) is 47.4 Å². The summed E-state index contributed by atoms with van der Waals surface area (Å²) in [6, 6.07) is 8.60. The van der Waals surface area contributed by atoms with Crippen molar-refractivity contribution in [2.45, 2.75) is 19.9 Å². The Morgan fingerprint density at radius 3 is 2.78 bits per heavy atom. The average molecular weight is 371 g/mol. The van der Waals surface area contributed by atoms with Gasteiger partial charge in [-0.25, -0.2) is 0 Å². The highest BCUT2D eigenvalue weighted by atomic mass is 16.5. The third-order valence-electron chi connectivity index (χ3n) is 4.46. The molecule has 1 aliphatic heterocycles. The van der Waals surface area contributed by atoms with Gasteiger partial charge < -0.3 is 25.1 Å². The maximum absolute atomic E-state index is 12.4. The normalized spacial score (nSPS) is 16.4. The summed E-state index contributed by atoms with van der Waals surface area (Å²) in [7, 11) is 1.54. The van der Waals surface area contributed by atoms with Gasteiger partial charge in [-0.1, -0.05) is 6.07 Å². The number of furan rings is 1. The molecule has 8 heteroatoms. The number of benzene rings is 1. The second-order valence-corrected chi connectivity index (χ2v) is 6.43. The molecular weight excluding hydrogens is 350 g/mol. The van der Waals surface area contributed by atoms with E-state index in [4.69, 9.17) is 14.9 Å². The van der Waals surface area contributed by atoms with Gasteiger partial charge in [-0.15, -0.1) is 0 Å². The molecule has 1 aromatic carbocycles. The van der Waals surface area contributed by atoms with Gasteiger partial charge in [0.2, 0.25) is 11.8 Å². The summed E-state index contributed by atoms with van der Waals surface area (Å²) < 4.78 is 10.6. The monoisotopic (exact) mass is 371 g/mol. The molecule has 0 spiro atoms. The first-order valence-electron chi connectivity index (χ1n) is 8.50. The summed E-state index contributed by atoms with van der Waals surface area (Å²) in [6.45, 7) is 2.32. The van der Waals surface area contributed by atoms with Crippen molar-refractivity contribution < 1.29 is 23.5 Å². The molecule has 0 saturated carbocycles. The van der Waals surface area contributed by atoms with Crippen LogP contribution in [0, 0.1) is 12.8 Å². The van der Waals surface area contributed by atoms with Crippen LogP contribution >= 0.6 is 0 Å². The van der Waals surface area contributed by atoms with Crippen molar-refractivity contribution >= 4 is 23.4 Å². The van der Waals surface area contributed by atoms with Crippen LogP contribution in [0.2, 0.25) is 0 Å². The zero-order chi connectivity index (χ0) is 19.6. The van der Waals surface area contributed by atoms with Gasteiger partial charge in [-0.3, -0.25) is 14.4 Å². The fourth-order valence-corrected chi connectivity index (χ4v) is 3.05. The minimum Gasteiger partial charge on any atom is -0.495 e. The SMILES string of the molecule is COc1ccc(C)cc1N1CC(C(=O)NCc2ccc(C(N)=O)o2)CC1=O. The van der Waals surface area contributed by atoms with E-state index in [0.29, 0.717) is 17.2 Å². The minimum absolute atomic E-state index is 0.0352. The molecule has 1 atom stereocenters. The van der Waals surface area contributed by atoms with Crippen molar-refractivity contribution in [2.75, 3.05) is 18.6 Å². The summed E-state index contributed by atoms with van der Waals surface area (Å²) in [4.78, 5) is 37.5. The molecule has 1 saturated heterocycles. The number of methoxy groups -OCH3 is 1. The first-order chi connectivity index (χ1) is 12.9. The molecular formula is C19H21N3O5. The third kappa shape index (κ3) is 3.94. The number of nitrogens with zero attached hydrogens (tertiary/aromatic N) is 1. The quantitative estimate of drug-likeness (QED) is 0.796. The number of rotatable bonds is 6. The zero-order valence-electron chi connectivity index (χ0n) is 15.2. The number of nitrogens with one attached hydrogen (secondary N) is 1. The van der Waals surface area contributed by atoms with Crippen LogP contribution < -0.4 is 20.7 Å². The van der Waals surface area contributed by atoms with E-state index < -0.39 is 11.8 Å². The van der Waals surface area contributed by atoms with Crippen LogP contribution in [0.1, 0.15) is 28.3 Å². The number of ether oxygens (including phenoxy) is 1. The molecule has 3 amide bonds. The molecule has 0 bridgehead atoms. The Hall–Kier alpha value is -3.29. The molecule has 2 heterocycles. The summed E-state index contributed by atoms with van der Waals surface area (Å²) in [5, 5.41) is 2.73. The van der Waals surface area contributed by atoms with E-state index in [9.17, 15) is 14.4 Å². The predicted octanol–water partition coefficient (Wildman–Crippen LogP) is 1.36. The second-order valence-electron chi connectivity index (χ2n) is 6.43. The van der Waals surface area contributed by atoms with Crippen molar-refractivity contribution in [3.8, 4) is 5.75 Å². The number of anilines is 1. The molecule has 142 valence electrons. The van der Waals surface area contributed by atoms with E-state index in [2.05, 4.69) is 5.32 Å². The largest absolute Gasteiger partial charge is 0.495 e. The molecule has 3 rings (SSSR count). The van der Waals surface area contributed by atoms with E-state index in [1.165, 1.54) is 6.07 Å². The molecule has 1 aliphatic rings. The highest BCUT2D eigenvalue weighted by molar-refractivity contribution is 6.01. The smallest absolute Gasteiger partial charge is 0.284 e. The summed E-state index contributed by atoms with van der Waals surface area (Å²) in [5.41, 5.74) is 6.79. The molecule has 8 nitrogen and oxygen atoms in total. The van der Waals surface area contributed by atoms with Crippen LogP contribution in [0.25, 0.3) is 0 Å². The molecule has 3 N–H and O–H groups in total. The summed E-state index contributed by atoms with van der Waals surface area (Å²) in [5.74, 6) is -0.496. The minimum atomic E-state index is -0.670. The molecule has 2 aromatic rings. The van der Waals surface area contributed by atoms with Crippen LogP contribution in [0.5, 0.6) is 5.75 Å². The summed E-state index contributed by atoms with van der Waals surface area (Å²) >= 11 is 0. The number of nitrogens with two attached hydrogens (primary N) is 1. The maximum atomic E-state index is 12.4. The van der Waals surface area contributed by atoms with Crippen LogP contribution in [-0.2, 0) is 16.1 Å². The van der Waals surface area contributed by atoms with Crippen LogP contribution in [0.4, 0.5) is 5.69 Å². The maximum Gasteiger partial charge on any atom is 0.284 e. The number of carbonyl (C=O) groups excluding carboxylic acids is 3. The third-order valence-corrected chi connectivity index (χ3v) is 4.46. The van der Waals surface area contributed by atoms with Gasteiger partial charge in [0.05, 0.1) is 25.3 Å². The molecule has 1 aromatic heterocycles. The van der Waals surface area contributed by atoms with Crippen LogP contribution in [0.15, 0.2) is 34.7 Å². The highest BCUT2D eigenvalue weighted by Gasteiger charge is 2.36. The standard InChI is InChI=1S/C19H21N3O5/c1-11-3-5-15(26-2)14(7-11)22-10-12(8-17(22)23)19(25)21-9-13-4-6-16(27-13)18(20)24/h3-7,12H,8-10H2,1-2H3,(H2,20,24)(H,21,25). The number of carbonyl (C=O) groups is 3. The van der Waals surface area contributed by atoms with Gasteiger partial charge >= 0.3 is 0 Å². The lowest BCUT2D eigenvalue weighted by atomic mass is 10.1. The van der Waals surface area contributed by atoms with Gasteiger partial charge in [-0.2, -0.15) is 0 Å². The average Bonchev–Trinajstić information content (AvgIpc) is 3.26. The van der Waals surface area contributed by atoms with E-state index in [0.717, 1.165) is 5.56 Å². The van der Waals surface area contributed by atoms with Crippen LogP contribution in [0.3, 0.4) is 0 Å². The van der Waals surface area contributed by atoms with Crippen molar-refractivity contribution in [1.82, 2.24) is 5.32 Å². The van der Waals surface area contributed by atoms with Gasteiger partial charge in [0, 0.05) is 13.0 Å². The Morgan fingerprint density at radius 1 is 1.33 bits per heavy atom. The van der Waals surface area contributed by atoms with E-state index in [-0.39, 0.29) is 37.1 Å². The Balaban J connectivity index is 1.65. The Bertz CT molecular complexity index is 889. The van der Waals surface area contributed by atoms with Crippen molar-refractivity contribution in [1.29, 1.82) is 0 Å². The van der Waals surface area contributed by atoms with Gasteiger partial charge in [0.25, 0.3) is 5.91 Å². The molecule has 1 unspecified atom stereocenters. The molecule has 27 heavy (non-hydrogen) atoms. The van der Waals surface area contributed by atoms with Crippen molar-refractivity contribution in [3.63, 3.8) is 0 Å².